The summed E-state index contributed by atoms with van der Waals surface area (Å²) in [6.07, 6.45) is 0.811. The molecule has 3 heterocycles. The van der Waals surface area contributed by atoms with E-state index in [-0.39, 0.29) is 6.10 Å². The van der Waals surface area contributed by atoms with Crippen molar-refractivity contribution >= 4 is 10.9 Å². The number of para-hydroxylation sites is 1. The molecule has 2 aliphatic rings. The first-order chi connectivity index (χ1) is 12.1. The summed E-state index contributed by atoms with van der Waals surface area (Å²) in [4.78, 5) is 10.8. The molecular formula is C20H30N4O. The molecule has 2 atom stereocenters. The third-order valence-electron chi connectivity index (χ3n) is 6.09. The second-order valence-electron chi connectivity index (χ2n) is 7.77. The SMILES string of the molecule is Cc1c(CN2CC[C@@H](N3CCN(C)CC3)[C@H](O)C2)[nH]c2ccccc12. The van der Waals surface area contributed by atoms with Crippen LogP contribution in [0.1, 0.15) is 17.7 Å². The van der Waals surface area contributed by atoms with Crippen LogP contribution in [0.15, 0.2) is 24.3 Å². The minimum Gasteiger partial charge on any atom is -0.390 e. The van der Waals surface area contributed by atoms with E-state index < -0.39 is 0 Å². The summed E-state index contributed by atoms with van der Waals surface area (Å²) in [5.41, 5.74) is 3.83. The number of hydrogen-bond donors (Lipinski definition) is 2. The summed E-state index contributed by atoms with van der Waals surface area (Å²) in [5, 5.41) is 12.0. The Hall–Kier alpha value is -1.40. The minimum atomic E-state index is -0.248. The summed E-state index contributed by atoms with van der Waals surface area (Å²) < 4.78 is 0. The molecule has 25 heavy (non-hydrogen) atoms. The van der Waals surface area contributed by atoms with Gasteiger partial charge >= 0.3 is 0 Å². The smallest absolute Gasteiger partial charge is 0.0822 e. The number of H-pyrrole nitrogens is 1. The first-order valence-electron chi connectivity index (χ1n) is 9.51. The van der Waals surface area contributed by atoms with Gasteiger partial charge in [0.2, 0.25) is 0 Å². The van der Waals surface area contributed by atoms with E-state index in [1.807, 2.05) is 0 Å². The molecule has 0 aliphatic carbocycles. The minimum absolute atomic E-state index is 0.248. The highest BCUT2D eigenvalue weighted by molar-refractivity contribution is 5.84. The van der Waals surface area contributed by atoms with Crippen molar-refractivity contribution < 1.29 is 5.11 Å². The zero-order valence-corrected chi connectivity index (χ0v) is 15.4. The van der Waals surface area contributed by atoms with Gasteiger partial charge in [0.1, 0.15) is 0 Å². The highest BCUT2D eigenvalue weighted by Crippen LogP contribution is 2.25. The average Bonchev–Trinajstić information content (AvgIpc) is 2.92. The lowest BCUT2D eigenvalue weighted by atomic mass is 9.99. The fourth-order valence-corrected chi connectivity index (χ4v) is 4.43. The van der Waals surface area contributed by atoms with Crippen LogP contribution in [-0.4, -0.2) is 83.3 Å². The number of rotatable bonds is 3. The number of aliphatic hydroxyl groups excluding tert-OH is 1. The average molecular weight is 342 g/mol. The molecule has 2 saturated heterocycles. The van der Waals surface area contributed by atoms with Crippen LogP contribution in [0.2, 0.25) is 0 Å². The number of fused-ring (bicyclic) bond motifs is 1. The molecule has 1 aromatic heterocycles. The Labute approximate surface area is 150 Å². The van der Waals surface area contributed by atoms with Crippen molar-refractivity contribution in [3.63, 3.8) is 0 Å². The summed E-state index contributed by atoms with van der Waals surface area (Å²) in [6, 6.07) is 8.82. The summed E-state index contributed by atoms with van der Waals surface area (Å²) in [5.74, 6) is 0. The summed E-state index contributed by atoms with van der Waals surface area (Å²) in [6.45, 7) is 9.31. The van der Waals surface area contributed by atoms with Crippen LogP contribution in [0.25, 0.3) is 10.9 Å². The standard InChI is InChI=1S/C20H30N4O/c1-15-16-5-3-4-6-17(16)21-18(15)13-23-8-7-19(20(25)14-23)24-11-9-22(2)10-12-24/h3-6,19-21,25H,7-14H2,1-2H3/t19-,20-/m1/s1. The van der Waals surface area contributed by atoms with Gasteiger partial charge in [-0.1, -0.05) is 18.2 Å². The number of aliphatic hydroxyl groups is 1. The molecule has 0 bridgehead atoms. The van der Waals surface area contributed by atoms with Crippen molar-refractivity contribution in [3.8, 4) is 0 Å². The number of nitrogens with one attached hydrogen (secondary N) is 1. The molecular weight excluding hydrogens is 312 g/mol. The predicted molar refractivity (Wildman–Crippen MR) is 102 cm³/mol. The van der Waals surface area contributed by atoms with Gasteiger partial charge in [0, 0.05) is 68.5 Å². The van der Waals surface area contributed by atoms with Crippen molar-refractivity contribution in [2.45, 2.75) is 32.0 Å². The van der Waals surface area contributed by atoms with Crippen LogP contribution in [0.3, 0.4) is 0 Å². The van der Waals surface area contributed by atoms with Crippen molar-refractivity contribution in [2.75, 3.05) is 46.3 Å². The predicted octanol–water partition coefficient (Wildman–Crippen LogP) is 1.66. The fourth-order valence-electron chi connectivity index (χ4n) is 4.43. The molecule has 2 N–H and O–H groups in total. The molecule has 0 unspecified atom stereocenters. The maximum absolute atomic E-state index is 10.7. The lowest BCUT2D eigenvalue weighted by Crippen LogP contribution is -2.58. The Morgan fingerprint density at radius 2 is 1.88 bits per heavy atom. The highest BCUT2D eigenvalue weighted by Gasteiger charge is 2.33. The van der Waals surface area contributed by atoms with Crippen LogP contribution in [0.4, 0.5) is 0 Å². The van der Waals surface area contributed by atoms with Gasteiger partial charge in [-0.05, 0) is 32.0 Å². The number of benzene rings is 1. The molecule has 136 valence electrons. The van der Waals surface area contributed by atoms with E-state index in [9.17, 15) is 5.11 Å². The molecule has 2 aromatic rings. The Morgan fingerprint density at radius 3 is 2.60 bits per heavy atom. The molecule has 2 aliphatic heterocycles. The number of piperazine rings is 1. The van der Waals surface area contributed by atoms with Crippen molar-refractivity contribution in [1.82, 2.24) is 19.7 Å². The maximum Gasteiger partial charge on any atom is 0.0822 e. The Morgan fingerprint density at radius 1 is 1.12 bits per heavy atom. The molecule has 0 radical (unpaired) electrons. The van der Waals surface area contributed by atoms with Gasteiger partial charge in [0.05, 0.1) is 6.10 Å². The zero-order valence-electron chi connectivity index (χ0n) is 15.4. The van der Waals surface area contributed by atoms with Gasteiger partial charge in [0.15, 0.2) is 0 Å². The molecule has 1 aromatic carbocycles. The van der Waals surface area contributed by atoms with E-state index in [1.54, 1.807) is 0 Å². The van der Waals surface area contributed by atoms with Gasteiger partial charge in [-0.15, -0.1) is 0 Å². The topological polar surface area (TPSA) is 45.7 Å². The third kappa shape index (κ3) is 3.47. The van der Waals surface area contributed by atoms with Crippen molar-refractivity contribution in [3.05, 3.63) is 35.5 Å². The molecule has 2 fully saturated rings. The Balaban J connectivity index is 1.39. The van der Waals surface area contributed by atoms with Gasteiger partial charge in [-0.2, -0.15) is 0 Å². The lowest BCUT2D eigenvalue weighted by molar-refractivity contribution is -0.0288. The Kier molecular flexibility index (Phi) is 4.82. The van der Waals surface area contributed by atoms with Crippen LogP contribution in [0.5, 0.6) is 0 Å². The molecule has 0 amide bonds. The quantitative estimate of drug-likeness (QED) is 0.891. The number of β-amino-alcohol motifs (C(OH)–C–C–N with tert-alkyl or cyclic N) is 1. The zero-order chi connectivity index (χ0) is 17.4. The summed E-state index contributed by atoms with van der Waals surface area (Å²) in [7, 11) is 2.18. The molecule has 0 spiro atoms. The van der Waals surface area contributed by atoms with Gasteiger partial charge in [-0.3, -0.25) is 9.80 Å². The number of likely N-dealkylation sites (N-methyl/N-ethyl adjacent to an activating group) is 1. The fraction of sp³-hybridized carbons (Fsp3) is 0.600. The van der Waals surface area contributed by atoms with Gasteiger partial charge < -0.3 is 15.0 Å². The normalized spacial score (nSPS) is 27.2. The number of piperidine rings is 1. The van der Waals surface area contributed by atoms with E-state index >= 15 is 0 Å². The second kappa shape index (κ2) is 7.08. The number of aryl methyl sites for hydroxylation is 1. The van der Waals surface area contributed by atoms with E-state index in [2.05, 4.69) is 57.9 Å². The van der Waals surface area contributed by atoms with E-state index in [4.69, 9.17) is 0 Å². The van der Waals surface area contributed by atoms with E-state index in [0.29, 0.717) is 6.04 Å². The number of nitrogens with zero attached hydrogens (tertiary/aromatic N) is 3. The second-order valence-corrected chi connectivity index (χ2v) is 7.77. The lowest BCUT2D eigenvalue weighted by Gasteiger charge is -2.44. The molecule has 5 nitrogen and oxygen atoms in total. The summed E-state index contributed by atoms with van der Waals surface area (Å²) >= 11 is 0. The molecule has 5 heteroatoms. The van der Waals surface area contributed by atoms with Crippen molar-refractivity contribution in [1.29, 1.82) is 0 Å². The number of aromatic nitrogens is 1. The van der Waals surface area contributed by atoms with Gasteiger partial charge in [-0.25, -0.2) is 0 Å². The van der Waals surface area contributed by atoms with E-state index in [1.165, 1.54) is 22.2 Å². The Bertz CT molecular complexity index is 720. The number of likely N-dealkylation sites (tertiary alicyclic amines) is 1. The molecule has 0 saturated carbocycles. The first kappa shape index (κ1) is 17.0. The van der Waals surface area contributed by atoms with Crippen LogP contribution >= 0.6 is 0 Å². The van der Waals surface area contributed by atoms with Gasteiger partial charge in [0.25, 0.3) is 0 Å². The molecule has 4 rings (SSSR count). The van der Waals surface area contributed by atoms with Crippen LogP contribution < -0.4 is 0 Å². The van der Waals surface area contributed by atoms with Crippen molar-refractivity contribution in [2.24, 2.45) is 0 Å². The maximum atomic E-state index is 10.7. The number of hydrogen-bond acceptors (Lipinski definition) is 4. The van der Waals surface area contributed by atoms with Crippen LogP contribution in [-0.2, 0) is 6.54 Å². The number of aromatic amines is 1. The first-order valence-corrected chi connectivity index (χ1v) is 9.51. The van der Waals surface area contributed by atoms with Crippen LogP contribution in [0, 0.1) is 6.92 Å². The monoisotopic (exact) mass is 342 g/mol. The van der Waals surface area contributed by atoms with E-state index in [0.717, 1.165) is 52.2 Å². The largest absolute Gasteiger partial charge is 0.390 e. The highest BCUT2D eigenvalue weighted by atomic mass is 16.3. The third-order valence-corrected chi connectivity index (χ3v) is 6.09.